The van der Waals surface area contributed by atoms with Crippen molar-refractivity contribution < 1.29 is 14.7 Å². The van der Waals surface area contributed by atoms with Gasteiger partial charge in [0, 0.05) is 24.0 Å². The highest BCUT2D eigenvalue weighted by molar-refractivity contribution is 5.91. The van der Waals surface area contributed by atoms with Crippen LogP contribution in [0.2, 0.25) is 0 Å². The number of amides is 1. The van der Waals surface area contributed by atoms with Gasteiger partial charge in [-0.1, -0.05) is 45.4 Å². The lowest BCUT2D eigenvalue weighted by molar-refractivity contribution is -0.313. The largest absolute Gasteiger partial charge is 0.550 e. The highest BCUT2D eigenvalue weighted by Crippen LogP contribution is 2.23. The number of benzene rings is 1. The van der Waals surface area contributed by atoms with Gasteiger partial charge in [-0.25, -0.2) is 0 Å². The Balaban J connectivity index is 2.61. The van der Waals surface area contributed by atoms with E-state index in [1.807, 2.05) is 31.2 Å². The molecular formula is C18H26NO3-. The Morgan fingerprint density at radius 1 is 1.14 bits per heavy atom. The average molecular weight is 304 g/mol. The maximum Gasteiger partial charge on any atom is 0.224 e. The second-order valence-corrected chi connectivity index (χ2v) is 6.44. The third-order valence-electron chi connectivity index (χ3n) is 3.97. The molecule has 0 aliphatic carbocycles. The monoisotopic (exact) mass is 304 g/mol. The van der Waals surface area contributed by atoms with Crippen LogP contribution < -0.4 is 10.4 Å². The minimum absolute atomic E-state index is 0.155. The first-order chi connectivity index (χ1) is 10.3. The van der Waals surface area contributed by atoms with E-state index in [1.54, 1.807) is 6.92 Å². The fraction of sp³-hybridized carbons (Fsp3) is 0.556. The minimum atomic E-state index is -1.06. The number of carboxylic acid groups (broad SMARTS) is 1. The smallest absolute Gasteiger partial charge is 0.224 e. The zero-order valence-corrected chi connectivity index (χ0v) is 13.9. The van der Waals surface area contributed by atoms with E-state index in [-0.39, 0.29) is 18.2 Å². The number of rotatable bonds is 8. The number of hydrogen-bond donors (Lipinski definition) is 1. The van der Waals surface area contributed by atoms with Gasteiger partial charge in [-0.05, 0) is 36.8 Å². The van der Waals surface area contributed by atoms with Gasteiger partial charge in [-0.2, -0.15) is 0 Å². The number of hydrogen-bond acceptors (Lipinski definition) is 3. The maximum atomic E-state index is 12.1. The van der Waals surface area contributed by atoms with Gasteiger partial charge >= 0.3 is 0 Å². The summed E-state index contributed by atoms with van der Waals surface area (Å²) >= 11 is 0. The topological polar surface area (TPSA) is 69.2 Å². The summed E-state index contributed by atoms with van der Waals surface area (Å²) in [7, 11) is 0. The van der Waals surface area contributed by atoms with Crippen molar-refractivity contribution in [2.45, 2.75) is 47.0 Å². The molecule has 0 spiro atoms. The number of carbonyl (C=O) groups excluding carboxylic acids is 2. The van der Waals surface area contributed by atoms with E-state index >= 15 is 0 Å². The molecule has 0 heterocycles. The predicted molar refractivity (Wildman–Crippen MR) is 86.2 cm³/mol. The van der Waals surface area contributed by atoms with E-state index < -0.39 is 11.9 Å². The van der Waals surface area contributed by atoms with Crippen LogP contribution in [0.5, 0.6) is 0 Å². The van der Waals surface area contributed by atoms with Gasteiger partial charge in [-0.15, -0.1) is 0 Å². The second-order valence-electron chi connectivity index (χ2n) is 6.44. The first kappa shape index (κ1) is 18.2. The average Bonchev–Trinajstić information content (AvgIpc) is 2.40. The molecule has 122 valence electrons. The van der Waals surface area contributed by atoms with Crippen molar-refractivity contribution in [3.05, 3.63) is 29.8 Å². The molecule has 1 N–H and O–H groups in total. The van der Waals surface area contributed by atoms with Crippen LogP contribution in [0.4, 0.5) is 5.69 Å². The van der Waals surface area contributed by atoms with E-state index in [0.717, 1.165) is 17.7 Å². The summed E-state index contributed by atoms with van der Waals surface area (Å²) in [5.41, 5.74) is 1.76. The molecule has 0 radical (unpaired) electrons. The van der Waals surface area contributed by atoms with Crippen LogP contribution in [0.15, 0.2) is 24.3 Å². The lowest BCUT2D eigenvalue weighted by atomic mass is 9.85. The molecule has 0 saturated heterocycles. The van der Waals surface area contributed by atoms with Crippen LogP contribution in [0.1, 0.15) is 45.6 Å². The van der Waals surface area contributed by atoms with E-state index in [4.69, 9.17) is 0 Å². The molecule has 1 aromatic carbocycles. The Hall–Kier alpha value is -1.84. The van der Waals surface area contributed by atoms with Crippen LogP contribution >= 0.6 is 0 Å². The third-order valence-corrected chi connectivity index (χ3v) is 3.97. The zero-order chi connectivity index (χ0) is 16.7. The van der Waals surface area contributed by atoms with Crippen LogP contribution in [-0.4, -0.2) is 11.9 Å². The van der Waals surface area contributed by atoms with Crippen molar-refractivity contribution in [1.82, 2.24) is 0 Å². The third kappa shape index (κ3) is 5.88. The van der Waals surface area contributed by atoms with Gasteiger partial charge in [0.15, 0.2) is 0 Å². The Bertz CT molecular complexity index is 511. The number of nitrogens with one attached hydrogen (secondary N) is 1. The van der Waals surface area contributed by atoms with E-state index in [0.29, 0.717) is 12.3 Å². The lowest BCUT2D eigenvalue weighted by Crippen LogP contribution is -2.36. The SMILES string of the molecule is Cc1ccccc1NC(=O)C[C@@H](C)[C@H](CCC(C)C)C(=O)[O-]. The number of anilines is 1. The number of aryl methyl sites for hydroxylation is 1. The lowest BCUT2D eigenvalue weighted by Gasteiger charge is -2.25. The van der Waals surface area contributed by atoms with E-state index in [2.05, 4.69) is 19.2 Å². The standard InChI is InChI=1S/C18H27NO3/c1-12(2)9-10-15(18(21)22)14(4)11-17(20)19-16-8-6-5-7-13(16)3/h5-8,12,14-15H,9-11H2,1-4H3,(H,19,20)(H,21,22)/p-1/t14-,15+/m1/s1. The first-order valence-corrected chi connectivity index (χ1v) is 7.87. The molecule has 0 aromatic heterocycles. The molecule has 1 aromatic rings. The van der Waals surface area contributed by atoms with E-state index in [9.17, 15) is 14.7 Å². The van der Waals surface area contributed by atoms with E-state index in [1.165, 1.54) is 0 Å². The minimum Gasteiger partial charge on any atom is -0.550 e. The van der Waals surface area contributed by atoms with Crippen molar-refractivity contribution in [3.63, 3.8) is 0 Å². The molecule has 2 atom stereocenters. The Morgan fingerprint density at radius 3 is 2.32 bits per heavy atom. The van der Waals surface area contributed by atoms with Gasteiger partial charge in [0.1, 0.15) is 0 Å². The molecule has 0 fully saturated rings. The van der Waals surface area contributed by atoms with Gasteiger partial charge in [0.2, 0.25) is 5.91 Å². The number of para-hydroxylation sites is 1. The van der Waals surface area contributed by atoms with Gasteiger partial charge in [0.25, 0.3) is 0 Å². The fourth-order valence-electron chi connectivity index (χ4n) is 2.50. The molecule has 0 aliphatic heterocycles. The number of carboxylic acids is 1. The van der Waals surface area contributed by atoms with Crippen LogP contribution in [0, 0.1) is 24.7 Å². The molecular weight excluding hydrogens is 278 g/mol. The van der Waals surface area contributed by atoms with Gasteiger partial charge in [-0.3, -0.25) is 4.79 Å². The molecule has 22 heavy (non-hydrogen) atoms. The first-order valence-electron chi connectivity index (χ1n) is 7.87. The Labute approximate surface area is 132 Å². The molecule has 0 unspecified atom stereocenters. The maximum absolute atomic E-state index is 12.1. The summed E-state index contributed by atoms with van der Waals surface area (Å²) in [4.78, 5) is 23.4. The van der Waals surface area contributed by atoms with Crippen molar-refractivity contribution >= 4 is 17.6 Å². The van der Waals surface area contributed by atoms with Gasteiger partial charge < -0.3 is 15.2 Å². The van der Waals surface area contributed by atoms with Crippen molar-refractivity contribution in [2.75, 3.05) is 5.32 Å². The Kier molecular flexibility index (Phi) is 7.09. The molecule has 4 nitrogen and oxygen atoms in total. The summed E-state index contributed by atoms with van der Waals surface area (Å²) in [5.74, 6) is -1.60. The summed E-state index contributed by atoms with van der Waals surface area (Å²) < 4.78 is 0. The van der Waals surface area contributed by atoms with Crippen LogP contribution in [0.25, 0.3) is 0 Å². The molecule has 1 amide bonds. The van der Waals surface area contributed by atoms with Gasteiger partial charge in [0.05, 0.1) is 0 Å². The molecule has 0 saturated carbocycles. The van der Waals surface area contributed by atoms with Crippen molar-refractivity contribution in [1.29, 1.82) is 0 Å². The van der Waals surface area contributed by atoms with Crippen molar-refractivity contribution in [2.24, 2.45) is 17.8 Å². The summed E-state index contributed by atoms with van der Waals surface area (Å²) in [6, 6.07) is 7.53. The predicted octanol–water partition coefficient (Wildman–Crippen LogP) is 2.76. The highest BCUT2D eigenvalue weighted by atomic mass is 16.4. The normalized spacial score (nSPS) is 13.7. The van der Waals surface area contributed by atoms with Crippen LogP contribution in [-0.2, 0) is 9.59 Å². The van der Waals surface area contributed by atoms with Crippen molar-refractivity contribution in [3.8, 4) is 0 Å². The molecule has 1 rings (SSSR count). The summed E-state index contributed by atoms with van der Waals surface area (Å²) in [6.45, 7) is 7.84. The molecule has 0 aliphatic rings. The highest BCUT2D eigenvalue weighted by Gasteiger charge is 2.21. The number of carbonyl (C=O) groups is 2. The zero-order valence-electron chi connectivity index (χ0n) is 13.9. The Morgan fingerprint density at radius 2 is 1.77 bits per heavy atom. The van der Waals surface area contributed by atoms with Crippen LogP contribution in [0.3, 0.4) is 0 Å². The second kappa shape index (κ2) is 8.57. The summed E-state index contributed by atoms with van der Waals surface area (Å²) in [6.07, 6.45) is 1.56. The molecule has 4 heteroatoms. The molecule has 0 bridgehead atoms. The summed E-state index contributed by atoms with van der Waals surface area (Å²) in [5, 5.41) is 14.2. The number of aliphatic carboxylic acids is 1. The fourth-order valence-corrected chi connectivity index (χ4v) is 2.50. The quantitative estimate of drug-likeness (QED) is 0.803.